The van der Waals surface area contributed by atoms with Crippen molar-refractivity contribution < 1.29 is 0 Å². The number of hydrogen-bond acceptors (Lipinski definition) is 4. The molecule has 2 aromatic rings. The molecule has 4 nitrogen and oxygen atoms in total. The molecule has 1 aromatic carbocycles. The van der Waals surface area contributed by atoms with Crippen molar-refractivity contribution in [2.45, 2.75) is 13.0 Å². The molecule has 2 rings (SSSR count). The van der Waals surface area contributed by atoms with Crippen molar-refractivity contribution >= 4 is 23.4 Å². The van der Waals surface area contributed by atoms with Gasteiger partial charge in [-0.25, -0.2) is 4.98 Å². The summed E-state index contributed by atoms with van der Waals surface area (Å²) >= 11 is 5.91. The molecule has 1 atom stereocenters. The van der Waals surface area contributed by atoms with E-state index in [0.717, 1.165) is 10.8 Å². The topological polar surface area (TPSA) is 41.1 Å². The average Bonchev–Trinajstić information content (AvgIpc) is 2.46. The van der Waals surface area contributed by atoms with Gasteiger partial charge in [-0.3, -0.25) is 0 Å². The summed E-state index contributed by atoms with van der Waals surface area (Å²) in [5, 5.41) is 3.69. The second kappa shape index (κ2) is 5.89. The van der Waals surface area contributed by atoms with E-state index in [1.807, 2.05) is 44.4 Å². The summed E-state index contributed by atoms with van der Waals surface area (Å²) in [7, 11) is 3.82. The van der Waals surface area contributed by atoms with Gasteiger partial charge in [0.05, 0.1) is 6.04 Å². The van der Waals surface area contributed by atoms with E-state index in [-0.39, 0.29) is 6.04 Å². The van der Waals surface area contributed by atoms with Gasteiger partial charge in [-0.05, 0) is 30.7 Å². The summed E-state index contributed by atoms with van der Waals surface area (Å²) in [6.07, 6.45) is 1.75. The van der Waals surface area contributed by atoms with Crippen LogP contribution in [0.5, 0.6) is 0 Å². The molecule has 0 fully saturated rings. The van der Waals surface area contributed by atoms with Crippen molar-refractivity contribution in [3.8, 4) is 0 Å². The van der Waals surface area contributed by atoms with E-state index in [1.165, 1.54) is 5.56 Å². The number of rotatable bonds is 4. The third-order valence-electron chi connectivity index (χ3n) is 3.16. The zero-order valence-corrected chi connectivity index (χ0v) is 12.0. The minimum atomic E-state index is 0.205. The molecule has 0 radical (unpaired) electrons. The number of nitrogens with zero attached hydrogens (tertiary/aromatic N) is 3. The molecule has 19 heavy (non-hydrogen) atoms. The van der Waals surface area contributed by atoms with Crippen LogP contribution in [0.2, 0.25) is 5.02 Å². The quantitative estimate of drug-likeness (QED) is 0.930. The molecule has 0 aliphatic rings. The first-order valence-electron chi connectivity index (χ1n) is 6.11. The Hall–Kier alpha value is -1.81. The van der Waals surface area contributed by atoms with Gasteiger partial charge in [-0.1, -0.05) is 23.7 Å². The van der Waals surface area contributed by atoms with Crippen molar-refractivity contribution in [1.82, 2.24) is 9.97 Å². The number of hydrogen-bond donors (Lipinski definition) is 1. The van der Waals surface area contributed by atoms with E-state index in [2.05, 4.69) is 27.1 Å². The van der Waals surface area contributed by atoms with E-state index >= 15 is 0 Å². The Morgan fingerprint density at radius 2 is 1.89 bits per heavy atom. The van der Waals surface area contributed by atoms with Crippen molar-refractivity contribution in [2.75, 3.05) is 24.3 Å². The number of benzene rings is 1. The molecular formula is C14H17ClN4. The summed E-state index contributed by atoms with van der Waals surface area (Å²) in [6.45, 7) is 2.13. The first kappa shape index (κ1) is 13.6. The molecule has 0 aliphatic heterocycles. The van der Waals surface area contributed by atoms with Gasteiger partial charge in [-0.15, -0.1) is 0 Å². The lowest BCUT2D eigenvalue weighted by molar-refractivity contribution is 0.728. The van der Waals surface area contributed by atoms with Crippen LogP contribution >= 0.6 is 11.6 Å². The van der Waals surface area contributed by atoms with Gasteiger partial charge < -0.3 is 10.2 Å². The van der Waals surface area contributed by atoms with Crippen LogP contribution in [0, 0.1) is 0 Å². The molecule has 0 spiro atoms. The maximum atomic E-state index is 5.91. The summed E-state index contributed by atoms with van der Waals surface area (Å²) < 4.78 is 0. The predicted molar refractivity (Wildman–Crippen MR) is 79.8 cm³/mol. The molecule has 1 aromatic heterocycles. The van der Waals surface area contributed by atoms with Gasteiger partial charge in [0.2, 0.25) is 5.95 Å². The van der Waals surface area contributed by atoms with Gasteiger partial charge in [0.25, 0.3) is 0 Å². The summed E-state index contributed by atoms with van der Waals surface area (Å²) in [5.74, 6) is 1.49. The summed E-state index contributed by atoms with van der Waals surface area (Å²) in [6, 6.07) is 9.97. The smallest absolute Gasteiger partial charge is 0.224 e. The Kier molecular flexibility index (Phi) is 4.22. The molecule has 0 aliphatic carbocycles. The standard InChI is InChI=1S/C14H17ClN4/c1-10(11-4-6-12(15)7-5-11)19(3)13-8-9-17-14(16-2)18-13/h4-10H,1-3H3,(H,16,17,18). The maximum absolute atomic E-state index is 5.91. The van der Waals surface area contributed by atoms with E-state index in [4.69, 9.17) is 11.6 Å². The minimum absolute atomic E-state index is 0.205. The first-order chi connectivity index (χ1) is 9.11. The number of anilines is 2. The number of nitrogens with one attached hydrogen (secondary N) is 1. The highest BCUT2D eigenvalue weighted by Gasteiger charge is 2.13. The molecule has 0 amide bonds. The molecule has 0 bridgehead atoms. The monoisotopic (exact) mass is 276 g/mol. The van der Waals surface area contributed by atoms with Crippen LogP contribution in [-0.2, 0) is 0 Å². The van der Waals surface area contributed by atoms with Crippen molar-refractivity contribution in [2.24, 2.45) is 0 Å². The largest absolute Gasteiger partial charge is 0.357 e. The Morgan fingerprint density at radius 1 is 1.21 bits per heavy atom. The lowest BCUT2D eigenvalue weighted by Crippen LogP contribution is -2.23. The second-order valence-electron chi connectivity index (χ2n) is 4.33. The Morgan fingerprint density at radius 3 is 2.53 bits per heavy atom. The third-order valence-corrected chi connectivity index (χ3v) is 3.41. The van der Waals surface area contributed by atoms with Crippen LogP contribution in [0.3, 0.4) is 0 Å². The Balaban J connectivity index is 2.22. The molecule has 5 heteroatoms. The number of aromatic nitrogens is 2. The SMILES string of the molecule is CNc1nccc(N(C)C(C)c2ccc(Cl)cc2)n1. The highest BCUT2D eigenvalue weighted by atomic mass is 35.5. The van der Waals surface area contributed by atoms with Crippen LogP contribution in [0.4, 0.5) is 11.8 Å². The van der Waals surface area contributed by atoms with Gasteiger partial charge in [0.15, 0.2) is 0 Å². The Bertz CT molecular complexity index is 541. The van der Waals surface area contributed by atoms with Gasteiger partial charge in [0, 0.05) is 25.3 Å². The molecule has 1 heterocycles. The van der Waals surface area contributed by atoms with Crippen LogP contribution in [0.25, 0.3) is 0 Å². The normalized spacial score (nSPS) is 12.0. The molecule has 1 N–H and O–H groups in total. The number of halogens is 1. The summed E-state index contributed by atoms with van der Waals surface area (Å²) in [4.78, 5) is 10.7. The maximum Gasteiger partial charge on any atom is 0.224 e. The first-order valence-corrected chi connectivity index (χ1v) is 6.48. The second-order valence-corrected chi connectivity index (χ2v) is 4.76. The minimum Gasteiger partial charge on any atom is -0.357 e. The highest BCUT2D eigenvalue weighted by Crippen LogP contribution is 2.25. The van der Waals surface area contributed by atoms with E-state index in [9.17, 15) is 0 Å². The van der Waals surface area contributed by atoms with Crippen LogP contribution in [0.1, 0.15) is 18.5 Å². The lowest BCUT2D eigenvalue weighted by Gasteiger charge is -2.26. The van der Waals surface area contributed by atoms with Crippen LogP contribution < -0.4 is 10.2 Å². The van der Waals surface area contributed by atoms with E-state index < -0.39 is 0 Å². The zero-order valence-electron chi connectivity index (χ0n) is 11.3. The van der Waals surface area contributed by atoms with Crippen molar-refractivity contribution in [1.29, 1.82) is 0 Å². The van der Waals surface area contributed by atoms with Gasteiger partial charge in [0.1, 0.15) is 5.82 Å². The Labute approximate surface area is 118 Å². The molecule has 0 saturated carbocycles. The van der Waals surface area contributed by atoms with Crippen molar-refractivity contribution in [3.63, 3.8) is 0 Å². The molecule has 100 valence electrons. The van der Waals surface area contributed by atoms with Crippen LogP contribution in [-0.4, -0.2) is 24.1 Å². The predicted octanol–water partition coefficient (Wildman–Crippen LogP) is 3.37. The average molecular weight is 277 g/mol. The fourth-order valence-electron chi connectivity index (χ4n) is 1.83. The van der Waals surface area contributed by atoms with Gasteiger partial charge in [-0.2, -0.15) is 4.98 Å². The van der Waals surface area contributed by atoms with Crippen LogP contribution in [0.15, 0.2) is 36.5 Å². The highest BCUT2D eigenvalue weighted by molar-refractivity contribution is 6.30. The lowest BCUT2D eigenvalue weighted by atomic mass is 10.1. The van der Waals surface area contributed by atoms with Gasteiger partial charge >= 0.3 is 0 Å². The third kappa shape index (κ3) is 3.15. The zero-order chi connectivity index (χ0) is 13.8. The fraction of sp³-hybridized carbons (Fsp3) is 0.286. The van der Waals surface area contributed by atoms with E-state index in [0.29, 0.717) is 5.95 Å². The summed E-state index contributed by atoms with van der Waals surface area (Å²) in [5.41, 5.74) is 1.19. The fourth-order valence-corrected chi connectivity index (χ4v) is 1.96. The molecule has 0 saturated heterocycles. The molecule has 1 unspecified atom stereocenters. The molecular weight excluding hydrogens is 260 g/mol. The van der Waals surface area contributed by atoms with Crippen molar-refractivity contribution in [3.05, 3.63) is 47.1 Å². The van der Waals surface area contributed by atoms with E-state index in [1.54, 1.807) is 6.20 Å².